The number of nitrogens with zero attached hydrogens (tertiary/aromatic N) is 1. The van der Waals surface area contributed by atoms with E-state index < -0.39 is 0 Å². The summed E-state index contributed by atoms with van der Waals surface area (Å²) < 4.78 is 0. The lowest BCUT2D eigenvalue weighted by atomic mass is 9.68. The third-order valence-corrected chi connectivity index (χ3v) is 5.23. The zero-order valence-corrected chi connectivity index (χ0v) is 12.3. The van der Waals surface area contributed by atoms with Gasteiger partial charge in [0.05, 0.1) is 0 Å². The van der Waals surface area contributed by atoms with Crippen LogP contribution in [0, 0.1) is 11.8 Å². The normalized spacial score (nSPS) is 30.3. The summed E-state index contributed by atoms with van der Waals surface area (Å²) >= 11 is 0. The predicted octanol–water partition coefficient (Wildman–Crippen LogP) is 2.93. The lowest BCUT2D eigenvalue weighted by Gasteiger charge is -2.45. The molecule has 0 bridgehead atoms. The Hall–Kier alpha value is -1.51. The monoisotopic (exact) mass is 273 g/mol. The zero-order chi connectivity index (χ0) is 14.3. The summed E-state index contributed by atoms with van der Waals surface area (Å²) in [6.45, 7) is 6.15. The number of amides is 1. The molecular formula is C17H23NO2. The minimum Gasteiger partial charge on any atom is -0.508 e. The first-order chi connectivity index (χ1) is 9.50. The van der Waals surface area contributed by atoms with Gasteiger partial charge in [0.2, 0.25) is 5.91 Å². The van der Waals surface area contributed by atoms with Gasteiger partial charge in [-0.1, -0.05) is 26.0 Å². The molecule has 1 amide bonds. The molecule has 0 unspecified atom stereocenters. The molecular weight excluding hydrogens is 250 g/mol. The van der Waals surface area contributed by atoms with Gasteiger partial charge in [0.1, 0.15) is 5.75 Å². The highest BCUT2D eigenvalue weighted by atomic mass is 16.3. The first-order valence-corrected chi connectivity index (χ1v) is 7.59. The Morgan fingerprint density at radius 1 is 1.40 bits per heavy atom. The van der Waals surface area contributed by atoms with E-state index in [1.807, 2.05) is 17.0 Å². The van der Waals surface area contributed by atoms with Crippen LogP contribution in [0.5, 0.6) is 5.75 Å². The van der Waals surface area contributed by atoms with Crippen LogP contribution in [-0.4, -0.2) is 29.0 Å². The van der Waals surface area contributed by atoms with Crippen LogP contribution in [0.15, 0.2) is 24.3 Å². The Balaban J connectivity index is 1.77. The molecule has 1 saturated heterocycles. The number of carbonyl (C=O) groups excluding carboxylic acids is 1. The highest BCUT2D eigenvalue weighted by molar-refractivity contribution is 5.81. The molecule has 3 rings (SSSR count). The number of phenols is 1. The van der Waals surface area contributed by atoms with Crippen LogP contribution in [0.2, 0.25) is 0 Å². The van der Waals surface area contributed by atoms with Crippen LogP contribution in [0.3, 0.4) is 0 Å². The van der Waals surface area contributed by atoms with Crippen LogP contribution < -0.4 is 0 Å². The van der Waals surface area contributed by atoms with Crippen LogP contribution >= 0.6 is 0 Å². The molecule has 2 aliphatic rings. The highest BCUT2D eigenvalue weighted by Gasteiger charge is 2.42. The van der Waals surface area contributed by atoms with E-state index in [0.29, 0.717) is 23.5 Å². The number of hydrogen-bond acceptors (Lipinski definition) is 2. The van der Waals surface area contributed by atoms with Gasteiger partial charge in [0, 0.05) is 19.0 Å². The Kier molecular flexibility index (Phi) is 3.23. The van der Waals surface area contributed by atoms with Gasteiger partial charge in [-0.2, -0.15) is 0 Å². The number of likely N-dealkylation sites (tertiary alicyclic amines) is 1. The minimum absolute atomic E-state index is 0.0407. The average Bonchev–Trinajstić information content (AvgIpc) is 3.25. The van der Waals surface area contributed by atoms with Gasteiger partial charge in [0.15, 0.2) is 0 Å². The molecule has 0 aromatic heterocycles. The molecule has 2 fully saturated rings. The lowest BCUT2D eigenvalue weighted by molar-refractivity contribution is -0.135. The van der Waals surface area contributed by atoms with Crippen molar-refractivity contribution in [1.82, 2.24) is 4.90 Å². The topological polar surface area (TPSA) is 40.5 Å². The van der Waals surface area contributed by atoms with E-state index in [-0.39, 0.29) is 5.41 Å². The summed E-state index contributed by atoms with van der Waals surface area (Å²) in [6, 6.07) is 7.58. The van der Waals surface area contributed by atoms with Gasteiger partial charge in [-0.3, -0.25) is 4.79 Å². The van der Waals surface area contributed by atoms with Gasteiger partial charge in [-0.05, 0) is 48.3 Å². The van der Waals surface area contributed by atoms with Crippen molar-refractivity contribution in [2.75, 3.05) is 13.1 Å². The largest absolute Gasteiger partial charge is 0.508 e. The van der Waals surface area contributed by atoms with E-state index in [2.05, 4.69) is 19.9 Å². The maximum absolute atomic E-state index is 12.2. The molecule has 3 heteroatoms. The number of carbonyl (C=O) groups is 1. The van der Waals surface area contributed by atoms with Crippen molar-refractivity contribution < 1.29 is 9.90 Å². The van der Waals surface area contributed by atoms with Crippen molar-refractivity contribution in [2.24, 2.45) is 11.8 Å². The van der Waals surface area contributed by atoms with E-state index in [1.165, 1.54) is 5.56 Å². The molecule has 0 radical (unpaired) electrons. The van der Waals surface area contributed by atoms with E-state index in [0.717, 1.165) is 32.4 Å². The molecule has 1 aliphatic carbocycles. The van der Waals surface area contributed by atoms with E-state index in [9.17, 15) is 9.90 Å². The summed E-state index contributed by atoms with van der Waals surface area (Å²) in [7, 11) is 0. The summed E-state index contributed by atoms with van der Waals surface area (Å²) in [5.41, 5.74) is 1.22. The second-order valence-electron chi connectivity index (χ2n) is 6.68. The second kappa shape index (κ2) is 4.80. The maximum Gasteiger partial charge on any atom is 0.225 e. The number of benzene rings is 1. The number of aromatic hydroxyl groups is 1. The minimum atomic E-state index is 0.0407. The first-order valence-electron chi connectivity index (χ1n) is 7.59. The average molecular weight is 273 g/mol. The Labute approximate surface area is 120 Å². The molecule has 1 aliphatic heterocycles. The third-order valence-electron chi connectivity index (χ3n) is 5.23. The van der Waals surface area contributed by atoms with Crippen LogP contribution in [0.1, 0.15) is 38.7 Å². The zero-order valence-electron chi connectivity index (χ0n) is 12.3. The van der Waals surface area contributed by atoms with Gasteiger partial charge < -0.3 is 10.0 Å². The van der Waals surface area contributed by atoms with Crippen LogP contribution in [0.4, 0.5) is 0 Å². The lowest BCUT2D eigenvalue weighted by Crippen LogP contribution is -2.49. The van der Waals surface area contributed by atoms with Gasteiger partial charge >= 0.3 is 0 Å². The Bertz CT molecular complexity index is 523. The van der Waals surface area contributed by atoms with E-state index in [1.54, 1.807) is 6.07 Å². The van der Waals surface area contributed by atoms with Crippen molar-refractivity contribution in [2.45, 2.75) is 38.5 Å². The fraction of sp³-hybridized carbons (Fsp3) is 0.588. The fourth-order valence-electron chi connectivity index (χ4n) is 3.32. The van der Waals surface area contributed by atoms with Crippen molar-refractivity contribution in [1.29, 1.82) is 0 Å². The molecule has 20 heavy (non-hydrogen) atoms. The molecule has 2 atom stereocenters. The molecule has 1 aromatic carbocycles. The van der Waals surface area contributed by atoms with Crippen LogP contribution in [-0.2, 0) is 10.2 Å². The van der Waals surface area contributed by atoms with E-state index in [4.69, 9.17) is 0 Å². The summed E-state index contributed by atoms with van der Waals surface area (Å²) in [4.78, 5) is 14.2. The number of rotatable bonds is 2. The van der Waals surface area contributed by atoms with Crippen molar-refractivity contribution in [3.8, 4) is 5.75 Å². The summed E-state index contributed by atoms with van der Waals surface area (Å²) in [5.74, 6) is 1.40. The summed E-state index contributed by atoms with van der Waals surface area (Å²) in [5, 5.41) is 9.70. The summed E-state index contributed by atoms with van der Waals surface area (Å²) in [6.07, 6.45) is 3.12. The number of phenolic OH excluding ortho intramolecular Hbond substituents is 1. The first kappa shape index (κ1) is 13.5. The Morgan fingerprint density at radius 3 is 2.75 bits per heavy atom. The molecule has 1 aromatic rings. The predicted molar refractivity (Wildman–Crippen MR) is 78.5 cm³/mol. The van der Waals surface area contributed by atoms with Gasteiger partial charge in [-0.25, -0.2) is 0 Å². The smallest absolute Gasteiger partial charge is 0.225 e. The SMILES string of the molecule is C[C@H]1CN(C(=O)C2CC2)CC[C@@]1(C)c1cccc(O)c1. The maximum atomic E-state index is 12.2. The molecule has 1 N–H and O–H groups in total. The van der Waals surface area contributed by atoms with Crippen molar-refractivity contribution in [3.63, 3.8) is 0 Å². The number of hydrogen-bond donors (Lipinski definition) is 1. The fourth-order valence-corrected chi connectivity index (χ4v) is 3.32. The standard InChI is InChI=1S/C17H23NO2/c1-12-11-18(16(20)13-6-7-13)9-8-17(12,2)14-4-3-5-15(19)10-14/h3-5,10,12-13,19H,6-9,11H2,1-2H3/t12-,17+/m0/s1. The third kappa shape index (κ3) is 2.30. The highest BCUT2D eigenvalue weighted by Crippen LogP contribution is 2.41. The quantitative estimate of drug-likeness (QED) is 0.900. The van der Waals surface area contributed by atoms with Crippen molar-refractivity contribution in [3.05, 3.63) is 29.8 Å². The molecule has 1 heterocycles. The van der Waals surface area contributed by atoms with Gasteiger partial charge in [0.25, 0.3) is 0 Å². The molecule has 0 spiro atoms. The molecule has 108 valence electrons. The molecule has 3 nitrogen and oxygen atoms in total. The number of piperidine rings is 1. The van der Waals surface area contributed by atoms with Gasteiger partial charge in [-0.15, -0.1) is 0 Å². The van der Waals surface area contributed by atoms with E-state index >= 15 is 0 Å². The van der Waals surface area contributed by atoms with Crippen LogP contribution in [0.25, 0.3) is 0 Å². The van der Waals surface area contributed by atoms with Crippen molar-refractivity contribution >= 4 is 5.91 Å². The Morgan fingerprint density at radius 2 is 2.15 bits per heavy atom. The molecule has 1 saturated carbocycles. The second-order valence-corrected chi connectivity index (χ2v) is 6.68.